The highest BCUT2D eigenvalue weighted by molar-refractivity contribution is 5.95. The molecule has 1 fully saturated rings. The number of aromatic carboxylic acids is 1. The molecule has 3 heterocycles. The number of pyridine rings is 1. The van der Waals surface area contributed by atoms with Crippen LogP contribution in [0.1, 0.15) is 30.1 Å². The summed E-state index contributed by atoms with van der Waals surface area (Å²) < 4.78 is 19.0. The predicted molar refractivity (Wildman–Crippen MR) is 101 cm³/mol. The standard InChI is InChI=1S/C12H13N3O2.C8H9FO/c16-12(17)10-8-13-15-6-3-9(7-11(10)15)14-4-1-2-5-14;1-2-10-8-5-3-7(9)4-6-8/h3,6-8H,1-2,4-5H2,(H,16,17);3-6H,2H2,1H3. The fourth-order valence-corrected chi connectivity index (χ4v) is 3.00. The molecule has 27 heavy (non-hydrogen) atoms. The summed E-state index contributed by atoms with van der Waals surface area (Å²) in [6, 6.07) is 9.87. The summed E-state index contributed by atoms with van der Waals surface area (Å²) in [6.07, 6.45) is 5.62. The third-order valence-corrected chi connectivity index (χ3v) is 4.33. The van der Waals surface area contributed by atoms with E-state index in [0.29, 0.717) is 17.9 Å². The zero-order valence-electron chi connectivity index (χ0n) is 15.1. The van der Waals surface area contributed by atoms with Crippen molar-refractivity contribution in [2.45, 2.75) is 19.8 Å². The highest BCUT2D eigenvalue weighted by Crippen LogP contribution is 2.23. The molecule has 0 bridgehead atoms. The first-order chi connectivity index (χ1) is 13.1. The lowest BCUT2D eigenvalue weighted by molar-refractivity contribution is 0.0699. The van der Waals surface area contributed by atoms with Gasteiger partial charge in [0.05, 0.1) is 18.3 Å². The summed E-state index contributed by atoms with van der Waals surface area (Å²) in [5.41, 5.74) is 1.99. The van der Waals surface area contributed by atoms with Crippen molar-refractivity contribution in [1.82, 2.24) is 9.61 Å². The van der Waals surface area contributed by atoms with E-state index < -0.39 is 5.97 Å². The van der Waals surface area contributed by atoms with Crippen molar-refractivity contribution in [3.05, 3.63) is 60.2 Å². The second kappa shape index (κ2) is 8.53. The Bertz CT molecular complexity index is 902. The van der Waals surface area contributed by atoms with Crippen LogP contribution in [0.15, 0.2) is 48.8 Å². The van der Waals surface area contributed by atoms with Gasteiger partial charge in [0, 0.05) is 25.0 Å². The van der Waals surface area contributed by atoms with Crippen LogP contribution in [-0.2, 0) is 0 Å². The summed E-state index contributed by atoms with van der Waals surface area (Å²) >= 11 is 0. The molecule has 0 amide bonds. The maximum absolute atomic E-state index is 12.3. The van der Waals surface area contributed by atoms with Crippen LogP contribution >= 0.6 is 0 Å². The van der Waals surface area contributed by atoms with Gasteiger partial charge in [-0.2, -0.15) is 5.10 Å². The molecule has 0 atom stereocenters. The van der Waals surface area contributed by atoms with E-state index in [-0.39, 0.29) is 11.4 Å². The summed E-state index contributed by atoms with van der Waals surface area (Å²) in [7, 11) is 0. The van der Waals surface area contributed by atoms with Gasteiger partial charge in [-0.3, -0.25) is 0 Å². The third kappa shape index (κ3) is 4.55. The number of benzene rings is 1. The number of carbonyl (C=O) groups is 1. The molecule has 1 aliphatic rings. The number of hydrogen-bond acceptors (Lipinski definition) is 4. The van der Waals surface area contributed by atoms with Crippen LogP contribution in [0.2, 0.25) is 0 Å². The average molecular weight is 371 g/mol. The normalized spacial score (nSPS) is 13.3. The molecule has 6 nitrogen and oxygen atoms in total. The molecule has 1 N–H and O–H groups in total. The molecule has 0 aliphatic carbocycles. The summed E-state index contributed by atoms with van der Waals surface area (Å²) in [5.74, 6) is -0.453. The van der Waals surface area contributed by atoms with Gasteiger partial charge in [0.2, 0.25) is 0 Å². The van der Waals surface area contributed by atoms with E-state index in [2.05, 4.69) is 10.00 Å². The minimum Gasteiger partial charge on any atom is -0.494 e. The smallest absolute Gasteiger partial charge is 0.339 e. The molecule has 1 saturated heterocycles. The fraction of sp³-hybridized carbons (Fsp3) is 0.300. The van der Waals surface area contributed by atoms with Crippen molar-refractivity contribution in [2.75, 3.05) is 24.6 Å². The van der Waals surface area contributed by atoms with Gasteiger partial charge in [0.1, 0.15) is 17.1 Å². The van der Waals surface area contributed by atoms with Gasteiger partial charge >= 0.3 is 5.97 Å². The lowest BCUT2D eigenvalue weighted by Crippen LogP contribution is -2.17. The summed E-state index contributed by atoms with van der Waals surface area (Å²) in [4.78, 5) is 13.3. The molecule has 7 heteroatoms. The molecular weight excluding hydrogens is 349 g/mol. The van der Waals surface area contributed by atoms with Crippen molar-refractivity contribution in [3.63, 3.8) is 0 Å². The predicted octanol–water partition coefficient (Wildman–Crippen LogP) is 3.86. The fourth-order valence-electron chi connectivity index (χ4n) is 3.00. The number of fused-ring (bicyclic) bond motifs is 1. The number of halogens is 1. The first kappa shape index (κ1) is 18.7. The topological polar surface area (TPSA) is 67.1 Å². The van der Waals surface area contributed by atoms with Gasteiger partial charge in [0.25, 0.3) is 0 Å². The number of hydrogen-bond donors (Lipinski definition) is 1. The van der Waals surface area contributed by atoms with Crippen molar-refractivity contribution in [2.24, 2.45) is 0 Å². The Morgan fingerprint density at radius 2 is 1.93 bits per heavy atom. The van der Waals surface area contributed by atoms with Crippen LogP contribution in [0.5, 0.6) is 5.75 Å². The molecule has 142 valence electrons. The van der Waals surface area contributed by atoms with Gasteiger partial charge in [-0.15, -0.1) is 0 Å². The molecule has 2 aromatic heterocycles. The largest absolute Gasteiger partial charge is 0.494 e. The molecule has 1 aliphatic heterocycles. The highest BCUT2D eigenvalue weighted by Gasteiger charge is 2.15. The number of ether oxygens (including phenoxy) is 1. The Balaban J connectivity index is 0.000000180. The van der Waals surface area contributed by atoms with E-state index >= 15 is 0 Å². The molecular formula is C20H22FN3O3. The van der Waals surface area contributed by atoms with E-state index in [1.54, 1.807) is 16.6 Å². The number of carboxylic acids is 1. The molecule has 0 unspecified atom stereocenters. The first-order valence-corrected chi connectivity index (χ1v) is 8.92. The second-order valence-corrected chi connectivity index (χ2v) is 6.16. The van der Waals surface area contributed by atoms with Crippen LogP contribution in [0.25, 0.3) is 5.52 Å². The third-order valence-electron chi connectivity index (χ3n) is 4.33. The van der Waals surface area contributed by atoms with Crippen LogP contribution in [0.4, 0.5) is 10.1 Å². The SMILES string of the molecule is CCOc1ccc(F)cc1.O=C(O)c1cnn2ccc(N3CCCC3)cc12. The summed E-state index contributed by atoms with van der Waals surface area (Å²) in [5, 5.41) is 13.1. The Hall–Kier alpha value is -3.09. The van der Waals surface area contributed by atoms with Gasteiger partial charge in [-0.25, -0.2) is 13.7 Å². The lowest BCUT2D eigenvalue weighted by atomic mass is 10.2. The molecule has 1 aromatic carbocycles. The molecule has 3 aromatic rings. The van der Waals surface area contributed by atoms with E-state index in [1.807, 2.05) is 25.3 Å². The van der Waals surface area contributed by atoms with Crippen molar-refractivity contribution >= 4 is 17.2 Å². The Kier molecular flexibility index (Phi) is 5.90. The van der Waals surface area contributed by atoms with Gasteiger partial charge in [-0.05, 0) is 56.2 Å². The van der Waals surface area contributed by atoms with Crippen molar-refractivity contribution in [3.8, 4) is 5.75 Å². The zero-order chi connectivity index (χ0) is 19.2. The van der Waals surface area contributed by atoms with E-state index in [0.717, 1.165) is 18.8 Å². The van der Waals surface area contributed by atoms with Crippen LogP contribution in [0, 0.1) is 5.82 Å². The van der Waals surface area contributed by atoms with Crippen LogP contribution in [0.3, 0.4) is 0 Å². The number of rotatable bonds is 4. The molecule has 4 rings (SSSR count). The van der Waals surface area contributed by atoms with Crippen molar-refractivity contribution < 1.29 is 19.0 Å². The quantitative estimate of drug-likeness (QED) is 0.754. The van der Waals surface area contributed by atoms with Gasteiger partial charge in [0.15, 0.2) is 0 Å². The van der Waals surface area contributed by atoms with E-state index in [4.69, 9.17) is 9.84 Å². The first-order valence-electron chi connectivity index (χ1n) is 8.92. The minimum atomic E-state index is -0.932. The molecule has 0 saturated carbocycles. The number of carboxylic acid groups (broad SMARTS) is 1. The van der Waals surface area contributed by atoms with Gasteiger partial charge in [-0.1, -0.05) is 0 Å². The maximum Gasteiger partial charge on any atom is 0.339 e. The van der Waals surface area contributed by atoms with Gasteiger partial charge < -0.3 is 14.7 Å². The Labute approximate surface area is 156 Å². The highest BCUT2D eigenvalue weighted by atomic mass is 19.1. The summed E-state index contributed by atoms with van der Waals surface area (Å²) in [6.45, 7) is 4.61. The number of nitrogens with zero attached hydrogens (tertiary/aromatic N) is 3. The Morgan fingerprint density at radius 1 is 1.22 bits per heavy atom. The molecule has 0 spiro atoms. The molecule has 0 radical (unpaired) electrons. The minimum absolute atomic E-state index is 0.233. The number of aromatic nitrogens is 2. The monoisotopic (exact) mass is 371 g/mol. The average Bonchev–Trinajstić information content (AvgIpc) is 3.33. The lowest BCUT2D eigenvalue weighted by Gasteiger charge is -2.17. The Morgan fingerprint density at radius 3 is 2.56 bits per heavy atom. The maximum atomic E-state index is 12.3. The second-order valence-electron chi connectivity index (χ2n) is 6.16. The zero-order valence-corrected chi connectivity index (χ0v) is 15.1. The van der Waals surface area contributed by atoms with Crippen LogP contribution in [-0.4, -0.2) is 40.4 Å². The van der Waals surface area contributed by atoms with Crippen molar-refractivity contribution in [1.29, 1.82) is 0 Å². The van der Waals surface area contributed by atoms with Crippen LogP contribution < -0.4 is 9.64 Å². The van der Waals surface area contributed by atoms with E-state index in [9.17, 15) is 9.18 Å². The van der Waals surface area contributed by atoms with E-state index in [1.165, 1.54) is 31.2 Å². The number of anilines is 1.